The molecule has 0 atom stereocenters. The Kier molecular flexibility index (Phi) is 6.97. The number of hydrogen-bond acceptors (Lipinski definition) is 6. The van der Waals surface area contributed by atoms with Gasteiger partial charge in [0.1, 0.15) is 5.82 Å². The third kappa shape index (κ3) is 4.72. The minimum atomic E-state index is -3.74. The molecule has 0 unspecified atom stereocenters. The van der Waals surface area contributed by atoms with Crippen LogP contribution in [0, 0.1) is 0 Å². The van der Waals surface area contributed by atoms with E-state index in [1.807, 2.05) is 12.1 Å². The number of rotatable bonds is 9. The molecule has 3 rings (SSSR count). The second-order valence-corrected chi connectivity index (χ2v) is 9.00. The van der Waals surface area contributed by atoms with Gasteiger partial charge in [-0.15, -0.1) is 0 Å². The summed E-state index contributed by atoms with van der Waals surface area (Å²) in [7, 11) is -0.764. The highest BCUT2D eigenvalue weighted by Gasteiger charge is 2.24. The van der Waals surface area contributed by atoms with Crippen molar-refractivity contribution in [3.05, 3.63) is 58.1 Å². The fraction of sp³-hybridized carbons (Fsp3) is 0.364. The molecule has 2 aromatic carbocycles. The third-order valence-electron chi connectivity index (χ3n) is 5.04. The van der Waals surface area contributed by atoms with Crippen molar-refractivity contribution in [2.24, 2.45) is 0 Å². The van der Waals surface area contributed by atoms with E-state index in [9.17, 15) is 13.2 Å². The number of aryl methyl sites for hydroxylation is 1. The molecule has 0 radical (unpaired) electrons. The second-order valence-electron chi connectivity index (χ2n) is 7.06. The first kappa shape index (κ1) is 22.8. The maximum Gasteiger partial charge on any atom is 0.258 e. The van der Waals surface area contributed by atoms with Gasteiger partial charge in [0.25, 0.3) is 5.56 Å². The summed E-state index contributed by atoms with van der Waals surface area (Å²) in [6.45, 7) is 3.99. The molecule has 0 aliphatic rings. The highest BCUT2D eigenvalue weighted by atomic mass is 32.2. The maximum absolute atomic E-state index is 13.1. The Morgan fingerprint density at radius 2 is 1.68 bits per heavy atom. The van der Waals surface area contributed by atoms with E-state index >= 15 is 0 Å². The van der Waals surface area contributed by atoms with Crippen molar-refractivity contribution in [1.29, 1.82) is 0 Å². The van der Waals surface area contributed by atoms with Crippen LogP contribution in [-0.2, 0) is 23.0 Å². The van der Waals surface area contributed by atoms with Gasteiger partial charge in [0, 0.05) is 12.6 Å². The van der Waals surface area contributed by atoms with Crippen molar-refractivity contribution in [2.75, 3.05) is 20.8 Å². The van der Waals surface area contributed by atoms with Crippen LogP contribution in [0.2, 0.25) is 0 Å². The van der Waals surface area contributed by atoms with Crippen molar-refractivity contribution < 1.29 is 17.9 Å². The van der Waals surface area contributed by atoms with Crippen LogP contribution in [0.3, 0.4) is 0 Å². The number of aromatic nitrogens is 2. The molecule has 31 heavy (non-hydrogen) atoms. The molecular formula is C22H27N3O5S. The molecule has 0 aliphatic carbocycles. The van der Waals surface area contributed by atoms with Gasteiger partial charge in [-0.25, -0.2) is 13.4 Å². The number of hydrogen-bond donors (Lipinski definition) is 1. The number of H-pyrrole nitrogens is 1. The van der Waals surface area contributed by atoms with E-state index in [2.05, 4.69) is 16.9 Å². The number of ether oxygens (including phenoxy) is 2. The van der Waals surface area contributed by atoms with E-state index in [1.54, 1.807) is 31.2 Å². The summed E-state index contributed by atoms with van der Waals surface area (Å²) in [5.74, 6) is 1.10. The number of nitrogens with zero attached hydrogens (tertiary/aromatic N) is 2. The third-order valence-corrected chi connectivity index (χ3v) is 6.97. The highest BCUT2D eigenvalue weighted by Crippen LogP contribution is 2.30. The van der Waals surface area contributed by atoms with Crippen molar-refractivity contribution in [2.45, 2.75) is 38.1 Å². The predicted octanol–water partition coefficient (Wildman–Crippen LogP) is 3.10. The molecule has 0 amide bonds. The first-order chi connectivity index (χ1) is 14.8. The molecule has 0 bridgehead atoms. The fourth-order valence-electron chi connectivity index (χ4n) is 3.39. The van der Waals surface area contributed by atoms with Crippen molar-refractivity contribution in [3.8, 4) is 11.5 Å². The van der Waals surface area contributed by atoms with Crippen LogP contribution in [0.5, 0.6) is 11.5 Å². The van der Waals surface area contributed by atoms with Crippen LogP contribution >= 0.6 is 0 Å². The van der Waals surface area contributed by atoms with Crippen LogP contribution in [0.15, 0.2) is 46.1 Å². The highest BCUT2D eigenvalue weighted by molar-refractivity contribution is 7.89. The lowest BCUT2D eigenvalue weighted by Gasteiger charge is -2.20. The summed E-state index contributed by atoms with van der Waals surface area (Å²) >= 11 is 0. The van der Waals surface area contributed by atoms with Gasteiger partial charge < -0.3 is 14.5 Å². The topological polar surface area (TPSA) is 102 Å². The van der Waals surface area contributed by atoms with Gasteiger partial charge in [-0.05, 0) is 30.2 Å². The number of methoxy groups -OCH3 is 2. The first-order valence-corrected chi connectivity index (χ1v) is 11.5. The average molecular weight is 446 g/mol. The monoisotopic (exact) mass is 445 g/mol. The molecule has 8 nitrogen and oxygen atoms in total. The van der Waals surface area contributed by atoms with Gasteiger partial charge in [0.2, 0.25) is 10.0 Å². The summed E-state index contributed by atoms with van der Waals surface area (Å²) in [4.78, 5) is 19.9. The molecule has 1 N–H and O–H groups in total. The number of benzene rings is 2. The molecule has 0 saturated heterocycles. The zero-order chi connectivity index (χ0) is 22.6. The van der Waals surface area contributed by atoms with Crippen LogP contribution < -0.4 is 15.0 Å². The summed E-state index contributed by atoms with van der Waals surface area (Å²) < 4.78 is 38.1. The lowest BCUT2D eigenvalue weighted by Crippen LogP contribution is -2.32. The molecule has 1 aromatic heterocycles. The summed E-state index contributed by atoms with van der Waals surface area (Å²) in [6.07, 6.45) is 1.89. The first-order valence-electron chi connectivity index (χ1n) is 10.1. The molecule has 1 heterocycles. The Labute approximate surface area is 181 Å². The van der Waals surface area contributed by atoms with Crippen molar-refractivity contribution in [3.63, 3.8) is 0 Å². The van der Waals surface area contributed by atoms with Crippen molar-refractivity contribution in [1.82, 2.24) is 14.3 Å². The average Bonchev–Trinajstić information content (AvgIpc) is 2.77. The summed E-state index contributed by atoms with van der Waals surface area (Å²) in [5, 5.41) is 0.332. The number of nitrogens with one attached hydrogen (secondary N) is 1. The Morgan fingerprint density at radius 1 is 1.03 bits per heavy atom. The van der Waals surface area contributed by atoms with E-state index < -0.39 is 10.0 Å². The molecule has 0 spiro atoms. The normalized spacial score (nSPS) is 11.8. The smallest absolute Gasteiger partial charge is 0.258 e. The Bertz CT molecular complexity index is 1220. The SMILES string of the molecule is CCCc1ccc(S(=O)(=O)N(CC)Cc2nc3cc(OC)c(OC)cc3c(=O)[nH]2)cc1. The van der Waals surface area contributed by atoms with Gasteiger partial charge in [-0.3, -0.25) is 4.79 Å². The minimum Gasteiger partial charge on any atom is -0.493 e. The number of fused-ring (bicyclic) bond motifs is 1. The Hall–Kier alpha value is -2.91. The van der Waals surface area contributed by atoms with E-state index in [-0.39, 0.29) is 29.4 Å². The van der Waals surface area contributed by atoms with E-state index in [0.29, 0.717) is 22.4 Å². The second kappa shape index (κ2) is 9.49. The zero-order valence-corrected chi connectivity index (χ0v) is 19.0. The van der Waals surface area contributed by atoms with Crippen molar-refractivity contribution >= 4 is 20.9 Å². The van der Waals surface area contributed by atoms with Crippen LogP contribution in [-0.4, -0.2) is 43.5 Å². The molecule has 166 valence electrons. The molecule has 9 heteroatoms. The predicted molar refractivity (Wildman–Crippen MR) is 119 cm³/mol. The lowest BCUT2D eigenvalue weighted by atomic mass is 10.1. The number of sulfonamides is 1. The largest absolute Gasteiger partial charge is 0.493 e. The molecule has 0 fully saturated rings. The minimum absolute atomic E-state index is 0.0604. The summed E-state index contributed by atoms with van der Waals surface area (Å²) in [6, 6.07) is 10.1. The van der Waals surface area contributed by atoms with Gasteiger partial charge in [-0.1, -0.05) is 32.4 Å². The lowest BCUT2D eigenvalue weighted by molar-refractivity contribution is 0.355. The standard InChI is InChI=1S/C22H27N3O5S/c1-5-7-15-8-10-16(11-9-15)31(27,28)25(6-2)14-21-23-18-13-20(30-4)19(29-3)12-17(18)22(26)24-21/h8-13H,5-7,14H2,1-4H3,(H,23,24,26). The fourth-order valence-corrected chi connectivity index (χ4v) is 4.80. The van der Waals surface area contributed by atoms with E-state index in [1.165, 1.54) is 18.5 Å². The zero-order valence-electron chi connectivity index (χ0n) is 18.1. The summed E-state index contributed by atoms with van der Waals surface area (Å²) in [5.41, 5.74) is 1.11. The van der Waals surface area contributed by atoms with Crippen LogP contribution in [0.4, 0.5) is 0 Å². The number of aromatic amines is 1. The van der Waals surface area contributed by atoms with Gasteiger partial charge in [0.15, 0.2) is 11.5 Å². The van der Waals surface area contributed by atoms with Crippen LogP contribution in [0.1, 0.15) is 31.7 Å². The van der Waals surface area contributed by atoms with E-state index in [4.69, 9.17) is 9.47 Å². The molecule has 0 aliphatic heterocycles. The Morgan fingerprint density at radius 3 is 2.26 bits per heavy atom. The van der Waals surface area contributed by atoms with Crippen LogP contribution in [0.25, 0.3) is 10.9 Å². The van der Waals surface area contributed by atoms with Gasteiger partial charge >= 0.3 is 0 Å². The Balaban J connectivity index is 1.96. The molecule has 0 saturated carbocycles. The molecular weight excluding hydrogens is 418 g/mol. The quantitative estimate of drug-likeness (QED) is 0.543. The van der Waals surface area contributed by atoms with Gasteiger partial charge in [-0.2, -0.15) is 4.31 Å². The van der Waals surface area contributed by atoms with Gasteiger partial charge in [0.05, 0.1) is 36.6 Å². The maximum atomic E-state index is 13.1. The van der Waals surface area contributed by atoms with E-state index in [0.717, 1.165) is 18.4 Å². The molecule has 3 aromatic rings.